The molecule has 1 heterocycles. The summed E-state index contributed by atoms with van der Waals surface area (Å²) in [6, 6.07) is -9.15. The zero-order valence-corrected chi connectivity index (χ0v) is 46.1. The van der Waals surface area contributed by atoms with Gasteiger partial charge in [-0.15, -0.1) is 0 Å². The third-order valence-corrected chi connectivity index (χ3v) is 13.7. The van der Waals surface area contributed by atoms with E-state index >= 15 is 0 Å². The molecule has 26 nitrogen and oxygen atoms in total. The molecule has 1 fully saturated rings. The minimum atomic E-state index is -2.62. The quantitative estimate of drug-likeness (QED) is 0.0203. The lowest BCUT2D eigenvalue weighted by molar-refractivity contribution is -0.153. The molecule has 0 aliphatic carbocycles. The number of nitrogens with zero attached hydrogens (tertiary/aromatic N) is 4. The minimum Gasteiger partial charge on any atom is -0.480 e. The summed E-state index contributed by atoms with van der Waals surface area (Å²) in [5.74, 6) is -10.9. The summed E-state index contributed by atoms with van der Waals surface area (Å²) in [6.45, 7) is 5.81. The Hall–Kier alpha value is -6.15. The number of likely N-dealkylation sites (tertiary alicyclic amines) is 1. The molecule has 0 aromatic rings. The molecule has 1 rings (SSSR count). The Labute approximate surface area is 452 Å². The van der Waals surface area contributed by atoms with Gasteiger partial charge in [-0.3, -0.25) is 43.3 Å². The third kappa shape index (κ3) is 26.6. The van der Waals surface area contributed by atoms with Crippen LogP contribution in [0.1, 0.15) is 156 Å². The number of unbranched alkanes of at least 4 members (excludes halogenated alkanes) is 10. The normalized spacial score (nSPS) is 16.2. The number of aliphatic hydroxyl groups excluding tert-OH is 3. The van der Waals surface area contributed by atoms with Gasteiger partial charge in [0.25, 0.3) is 0 Å². The van der Waals surface area contributed by atoms with Gasteiger partial charge in [0.05, 0.1) is 24.7 Å². The van der Waals surface area contributed by atoms with Crippen LogP contribution in [0.3, 0.4) is 0 Å². The molecular weight excluding hydrogens is 1010 g/mol. The molecule has 1 saturated heterocycles. The zero-order valence-electron chi connectivity index (χ0n) is 46.1. The largest absolute Gasteiger partial charge is 0.480 e. The number of nitrogens with two attached hydrogens (primary N) is 2. The highest BCUT2D eigenvalue weighted by Gasteiger charge is 2.42. The van der Waals surface area contributed by atoms with Crippen LogP contribution in [0.5, 0.6) is 0 Å². The fourth-order valence-electron chi connectivity index (χ4n) is 8.67. The first-order chi connectivity index (χ1) is 36.4. The van der Waals surface area contributed by atoms with Crippen LogP contribution in [0.2, 0.25) is 0 Å². The molecule has 0 saturated carbocycles. The van der Waals surface area contributed by atoms with E-state index in [0.717, 1.165) is 43.4 Å². The average molecular weight is 1100 g/mol. The number of hydrogen-bond acceptors (Lipinski definition) is 14. The summed E-state index contributed by atoms with van der Waals surface area (Å²) in [5, 5.41) is 64.4. The van der Waals surface area contributed by atoms with Crippen LogP contribution >= 0.6 is 0 Å². The van der Waals surface area contributed by atoms with Crippen molar-refractivity contribution in [3.63, 3.8) is 0 Å². The third-order valence-electron chi connectivity index (χ3n) is 13.7. The molecule has 8 amide bonds. The van der Waals surface area contributed by atoms with Gasteiger partial charge in [-0.25, -0.2) is 9.59 Å². The van der Waals surface area contributed by atoms with Crippen LogP contribution in [0, 0.1) is 5.92 Å². The molecule has 77 heavy (non-hydrogen) atoms. The Morgan fingerprint density at radius 1 is 0.649 bits per heavy atom. The summed E-state index contributed by atoms with van der Waals surface area (Å²) >= 11 is 0. The van der Waals surface area contributed by atoms with Crippen molar-refractivity contribution < 1.29 is 73.5 Å². The smallest absolute Gasteiger partial charge is 0.335 e. The highest BCUT2D eigenvalue weighted by molar-refractivity contribution is 5.98. The molecule has 14 N–H and O–H groups in total. The lowest BCUT2D eigenvalue weighted by Gasteiger charge is -2.31. The molecule has 1 aliphatic heterocycles. The number of carbonyl (C=O) groups is 10. The van der Waals surface area contributed by atoms with Crippen molar-refractivity contribution in [1.82, 2.24) is 41.3 Å². The van der Waals surface area contributed by atoms with E-state index in [9.17, 15) is 73.5 Å². The molecule has 26 heteroatoms. The fourth-order valence-corrected chi connectivity index (χ4v) is 8.67. The van der Waals surface area contributed by atoms with Gasteiger partial charge >= 0.3 is 11.9 Å². The molecule has 440 valence electrons. The van der Waals surface area contributed by atoms with E-state index in [1.54, 1.807) is 14.1 Å². The molecule has 0 spiro atoms. The van der Waals surface area contributed by atoms with Crippen LogP contribution in [0.15, 0.2) is 4.99 Å². The first kappa shape index (κ1) is 68.9. The Balaban J connectivity index is 3.24. The fraction of sp³-hybridized carbons (Fsp3) is 0.784. The summed E-state index contributed by atoms with van der Waals surface area (Å²) in [5.41, 5.74) is 10.9. The van der Waals surface area contributed by atoms with Crippen molar-refractivity contribution in [2.24, 2.45) is 22.4 Å². The molecule has 0 aromatic heterocycles. The van der Waals surface area contributed by atoms with Crippen molar-refractivity contribution in [2.75, 3.05) is 46.9 Å². The topological polar surface area (TPSA) is 406 Å². The van der Waals surface area contributed by atoms with Gasteiger partial charge in [-0.05, 0) is 70.6 Å². The van der Waals surface area contributed by atoms with Crippen LogP contribution in [-0.2, 0) is 47.9 Å². The summed E-state index contributed by atoms with van der Waals surface area (Å²) in [4.78, 5) is 138. The van der Waals surface area contributed by atoms with E-state index < -0.39 is 102 Å². The number of aliphatic hydroxyl groups is 3. The molecule has 9 atom stereocenters. The lowest BCUT2D eigenvalue weighted by atomic mass is 9.93. The van der Waals surface area contributed by atoms with Gasteiger partial charge < -0.3 is 78.3 Å². The van der Waals surface area contributed by atoms with Gasteiger partial charge in [-0.1, -0.05) is 65.2 Å². The maximum absolute atomic E-state index is 14.0. The highest BCUT2D eigenvalue weighted by atomic mass is 16.4. The van der Waals surface area contributed by atoms with Crippen LogP contribution in [0.25, 0.3) is 0 Å². The number of carbonyl (C=O) groups excluding carboxylic acids is 8. The van der Waals surface area contributed by atoms with Gasteiger partial charge in [0, 0.05) is 60.5 Å². The Morgan fingerprint density at radius 2 is 1.19 bits per heavy atom. The van der Waals surface area contributed by atoms with Crippen molar-refractivity contribution in [3.8, 4) is 0 Å². The van der Waals surface area contributed by atoms with E-state index in [-0.39, 0.29) is 81.7 Å². The SMILES string of the molecule is CCCCCCCCCCCC(=O)N[C@@H](CCCN=C(N)N)[C@@H](O)[C@H](C)C(=O)N[C@@H](C(=O)N[C@@H](CO)C(=O)N1CCC[C@H]1C(=O)N[C@@H](CCCCN(C)C(C)=O)C(=O)N[C@@H](CCCCN(C)C(C)=O)C(=O)O)[C@H](O)C(=O)O. The number of amides is 8. The van der Waals surface area contributed by atoms with E-state index in [1.807, 2.05) is 0 Å². The van der Waals surface area contributed by atoms with Gasteiger partial charge in [-0.2, -0.15) is 0 Å². The number of rotatable bonds is 40. The van der Waals surface area contributed by atoms with Crippen molar-refractivity contribution in [1.29, 1.82) is 0 Å². The second kappa shape index (κ2) is 37.6. The standard InChI is InChI=1S/C51H91N11O15/c1-7-8-9-10-11-12-13-14-15-26-40(66)55-35(24-20-27-54-51(52)53)42(67)32(2)44(69)59-41(43(68)50(76)77)47(72)58-38(31-63)48(73)62-30-21-25-39(62)46(71)56-36(22-16-18-28-60(5)33(3)64)45(70)57-37(49(74)75)23-17-19-29-61(6)34(4)65/h32,35-39,41-43,63,67-68H,7-31H2,1-6H3,(H,55,66)(H,56,71)(H,57,70)(H,58,72)(H,59,69)(H,74,75)(H,76,77)(H4,52,53,54)/t32-,35-,36-,37-,38-,39-,41+,42-,43-/m0/s1. The molecule has 0 radical (unpaired) electrons. The van der Waals surface area contributed by atoms with E-state index in [4.69, 9.17) is 11.5 Å². The number of carboxylic acids is 2. The maximum atomic E-state index is 14.0. The Kier molecular flexibility index (Phi) is 33.6. The van der Waals surface area contributed by atoms with Gasteiger partial charge in [0.2, 0.25) is 47.3 Å². The minimum absolute atomic E-state index is 0.00215. The zero-order chi connectivity index (χ0) is 58.2. The number of aliphatic imine (C=N–C) groups is 1. The van der Waals surface area contributed by atoms with Gasteiger partial charge in [0.15, 0.2) is 12.1 Å². The number of carboxylic acid groups (broad SMARTS) is 2. The van der Waals surface area contributed by atoms with Crippen LogP contribution in [-0.4, -0.2) is 201 Å². The van der Waals surface area contributed by atoms with E-state index in [1.165, 1.54) is 43.4 Å². The highest BCUT2D eigenvalue weighted by Crippen LogP contribution is 2.21. The van der Waals surface area contributed by atoms with E-state index in [0.29, 0.717) is 45.2 Å². The van der Waals surface area contributed by atoms with Crippen molar-refractivity contribution in [3.05, 3.63) is 0 Å². The van der Waals surface area contributed by atoms with Crippen LogP contribution in [0.4, 0.5) is 0 Å². The molecule has 1 aliphatic rings. The molecular formula is C51H91N11O15. The summed E-state index contributed by atoms with van der Waals surface area (Å²) < 4.78 is 0. The Bertz CT molecular complexity index is 1940. The van der Waals surface area contributed by atoms with Gasteiger partial charge in [0.1, 0.15) is 30.2 Å². The molecule has 0 bridgehead atoms. The van der Waals surface area contributed by atoms with E-state index in [2.05, 4.69) is 38.5 Å². The number of aliphatic carboxylic acids is 2. The average Bonchev–Trinajstić information content (AvgIpc) is 3.88. The second-order valence-electron chi connectivity index (χ2n) is 20.0. The first-order valence-electron chi connectivity index (χ1n) is 27.1. The number of guanidine groups is 1. The first-order valence-corrected chi connectivity index (χ1v) is 27.1. The second-order valence-corrected chi connectivity index (χ2v) is 20.0. The predicted octanol–water partition coefficient (Wildman–Crippen LogP) is -0.808. The van der Waals surface area contributed by atoms with Crippen molar-refractivity contribution in [2.45, 2.75) is 205 Å². The lowest BCUT2D eigenvalue weighted by Crippen LogP contribution is -2.62. The molecule has 0 aromatic carbocycles. The summed E-state index contributed by atoms with van der Waals surface area (Å²) in [7, 11) is 3.19. The monoisotopic (exact) mass is 1100 g/mol. The molecule has 0 unspecified atom stereocenters. The Morgan fingerprint density at radius 3 is 1.71 bits per heavy atom. The number of hydrogen-bond donors (Lipinski definition) is 12. The van der Waals surface area contributed by atoms with Crippen molar-refractivity contribution >= 4 is 65.2 Å². The summed E-state index contributed by atoms with van der Waals surface area (Å²) in [6.07, 6.45) is 7.31. The maximum Gasteiger partial charge on any atom is 0.335 e. The predicted molar refractivity (Wildman–Crippen MR) is 284 cm³/mol. The van der Waals surface area contributed by atoms with Crippen LogP contribution < -0.4 is 38.1 Å². The number of nitrogens with one attached hydrogen (secondary N) is 5.